The second kappa shape index (κ2) is 5.12. The number of anilines is 1. The molecule has 0 saturated heterocycles. The fraction of sp³-hybridized carbons (Fsp3) is 0.583. The Morgan fingerprint density at radius 2 is 2.24 bits per heavy atom. The van der Waals surface area contributed by atoms with Crippen molar-refractivity contribution in [3.05, 3.63) is 17.8 Å². The third kappa shape index (κ3) is 2.72. The standard InChI is InChI=1S/C12H18N4O/c1-13-12(17)10-6-7-11(15-14-10)16(2)8-9-4-3-5-9/h6-7,9H,3-5,8H2,1-2H3,(H,13,17). The van der Waals surface area contributed by atoms with Crippen LogP contribution in [-0.4, -0.2) is 36.7 Å². The predicted octanol–water partition coefficient (Wildman–Crippen LogP) is 1.07. The Bertz CT molecular complexity index is 386. The molecular weight excluding hydrogens is 216 g/mol. The summed E-state index contributed by atoms with van der Waals surface area (Å²) in [5.74, 6) is 1.41. The molecule has 0 aromatic carbocycles. The van der Waals surface area contributed by atoms with E-state index in [0.717, 1.165) is 18.3 Å². The fourth-order valence-electron chi connectivity index (χ4n) is 1.93. The zero-order valence-electron chi connectivity index (χ0n) is 10.3. The maximum Gasteiger partial charge on any atom is 0.271 e. The molecule has 0 unspecified atom stereocenters. The lowest BCUT2D eigenvalue weighted by Crippen LogP contribution is -2.30. The molecule has 1 N–H and O–H groups in total. The first kappa shape index (κ1) is 11.8. The summed E-state index contributed by atoms with van der Waals surface area (Å²) in [6.07, 6.45) is 3.97. The Morgan fingerprint density at radius 3 is 2.71 bits per heavy atom. The number of rotatable bonds is 4. The van der Waals surface area contributed by atoms with Crippen molar-refractivity contribution in [2.24, 2.45) is 5.92 Å². The number of amides is 1. The van der Waals surface area contributed by atoms with Crippen LogP contribution in [0.25, 0.3) is 0 Å². The van der Waals surface area contributed by atoms with E-state index < -0.39 is 0 Å². The summed E-state index contributed by atoms with van der Waals surface area (Å²) in [6.45, 7) is 1.02. The van der Waals surface area contributed by atoms with Crippen molar-refractivity contribution >= 4 is 11.7 Å². The quantitative estimate of drug-likeness (QED) is 0.846. The van der Waals surface area contributed by atoms with Crippen LogP contribution in [0.1, 0.15) is 29.8 Å². The van der Waals surface area contributed by atoms with Crippen LogP contribution in [0, 0.1) is 5.92 Å². The maximum absolute atomic E-state index is 11.3. The van der Waals surface area contributed by atoms with Crippen molar-refractivity contribution in [2.45, 2.75) is 19.3 Å². The van der Waals surface area contributed by atoms with Crippen LogP contribution in [0.4, 0.5) is 5.82 Å². The minimum atomic E-state index is -0.203. The molecule has 92 valence electrons. The Morgan fingerprint density at radius 1 is 1.47 bits per heavy atom. The molecule has 5 heteroatoms. The molecule has 2 rings (SSSR count). The van der Waals surface area contributed by atoms with Crippen LogP contribution in [0.5, 0.6) is 0 Å². The highest BCUT2D eigenvalue weighted by atomic mass is 16.1. The second-order valence-corrected chi connectivity index (χ2v) is 4.53. The molecule has 1 aliphatic carbocycles. The highest BCUT2D eigenvalue weighted by Crippen LogP contribution is 2.27. The number of carbonyl (C=O) groups excluding carboxylic acids is 1. The first-order valence-corrected chi connectivity index (χ1v) is 5.97. The first-order chi connectivity index (χ1) is 8.20. The lowest BCUT2D eigenvalue weighted by molar-refractivity contribution is 0.0957. The van der Waals surface area contributed by atoms with Crippen molar-refractivity contribution in [2.75, 3.05) is 25.5 Å². The number of aromatic nitrogens is 2. The maximum atomic E-state index is 11.3. The summed E-state index contributed by atoms with van der Waals surface area (Å²) in [5.41, 5.74) is 0.355. The number of nitrogens with one attached hydrogen (secondary N) is 1. The smallest absolute Gasteiger partial charge is 0.271 e. The van der Waals surface area contributed by atoms with E-state index in [9.17, 15) is 4.79 Å². The van der Waals surface area contributed by atoms with Gasteiger partial charge in [0, 0.05) is 20.6 Å². The minimum absolute atomic E-state index is 0.203. The predicted molar refractivity (Wildman–Crippen MR) is 66.0 cm³/mol. The van der Waals surface area contributed by atoms with Crippen molar-refractivity contribution in [3.8, 4) is 0 Å². The Balaban J connectivity index is 1.98. The van der Waals surface area contributed by atoms with Gasteiger partial charge >= 0.3 is 0 Å². The zero-order chi connectivity index (χ0) is 12.3. The molecule has 1 aliphatic rings. The summed E-state index contributed by atoms with van der Waals surface area (Å²) < 4.78 is 0. The number of nitrogens with zero attached hydrogens (tertiary/aromatic N) is 3. The molecule has 0 radical (unpaired) electrons. The van der Waals surface area contributed by atoms with Crippen molar-refractivity contribution in [1.82, 2.24) is 15.5 Å². The van der Waals surface area contributed by atoms with Gasteiger partial charge in [-0.2, -0.15) is 0 Å². The molecule has 0 atom stereocenters. The van der Waals surface area contributed by atoms with E-state index in [4.69, 9.17) is 0 Å². The van der Waals surface area contributed by atoms with E-state index in [1.807, 2.05) is 13.1 Å². The van der Waals surface area contributed by atoms with Crippen LogP contribution >= 0.6 is 0 Å². The molecule has 0 bridgehead atoms. The van der Waals surface area contributed by atoms with E-state index in [2.05, 4.69) is 20.4 Å². The minimum Gasteiger partial charge on any atom is -0.358 e. The Kier molecular flexibility index (Phi) is 3.56. The monoisotopic (exact) mass is 234 g/mol. The van der Waals surface area contributed by atoms with Gasteiger partial charge in [0.2, 0.25) is 0 Å². The SMILES string of the molecule is CNC(=O)c1ccc(N(C)CC2CCC2)nn1. The average molecular weight is 234 g/mol. The lowest BCUT2D eigenvalue weighted by atomic mass is 9.85. The number of hydrogen-bond donors (Lipinski definition) is 1. The molecule has 1 fully saturated rings. The van der Waals surface area contributed by atoms with Crippen molar-refractivity contribution in [3.63, 3.8) is 0 Å². The molecule has 1 heterocycles. The van der Waals surface area contributed by atoms with Gasteiger partial charge in [-0.3, -0.25) is 4.79 Å². The molecular formula is C12H18N4O. The Hall–Kier alpha value is -1.65. The molecule has 1 aromatic heterocycles. The van der Waals surface area contributed by atoms with E-state index in [0.29, 0.717) is 5.69 Å². The molecule has 5 nitrogen and oxygen atoms in total. The molecule has 0 aliphatic heterocycles. The fourth-order valence-corrected chi connectivity index (χ4v) is 1.93. The average Bonchev–Trinajstić information content (AvgIpc) is 2.32. The lowest BCUT2D eigenvalue weighted by Gasteiger charge is -2.30. The number of hydrogen-bond acceptors (Lipinski definition) is 4. The summed E-state index contributed by atoms with van der Waals surface area (Å²) in [7, 11) is 3.60. The first-order valence-electron chi connectivity index (χ1n) is 5.97. The van der Waals surface area contributed by atoms with Crippen LogP contribution < -0.4 is 10.2 Å². The van der Waals surface area contributed by atoms with Crippen LogP contribution in [-0.2, 0) is 0 Å². The van der Waals surface area contributed by atoms with Crippen LogP contribution in [0.3, 0.4) is 0 Å². The summed E-state index contributed by atoms with van der Waals surface area (Å²) >= 11 is 0. The van der Waals surface area contributed by atoms with Gasteiger partial charge in [-0.05, 0) is 30.9 Å². The van der Waals surface area contributed by atoms with Gasteiger partial charge < -0.3 is 10.2 Å². The van der Waals surface area contributed by atoms with Gasteiger partial charge in [-0.15, -0.1) is 10.2 Å². The second-order valence-electron chi connectivity index (χ2n) is 4.53. The van der Waals surface area contributed by atoms with Gasteiger partial charge in [-0.1, -0.05) is 6.42 Å². The van der Waals surface area contributed by atoms with Gasteiger partial charge in [0.1, 0.15) is 0 Å². The summed E-state index contributed by atoms with van der Waals surface area (Å²) in [6, 6.07) is 3.55. The highest BCUT2D eigenvalue weighted by molar-refractivity contribution is 5.91. The van der Waals surface area contributed by atoms with Gasteiger partial charge in [0.25, 0.3) is 5.91 Å². The Labute approximate surface area is 101 Å². The van der Waals surface area contributed by atoms with E-state index in [1.165, 1.54) is 19.3 Å². The van der Waals surface area contributed by atoms with E-state index >= 15 is 0 Å². The van der Waals surface area contributed by atoms with Gasteiger partial charge in [0.15, 0.2) is 11.5 Å². The molecule has 17 heavy (non-hydrogen) atoms. The van der Waals surface area contributed by atoms with Crippen LogP contribution in [0.15, 0.2) is 12.1 Å². The largest absolute Gasteiger partial charge is 0.358 e. The number of carbonyl (C=O) groups is 1. The van der Waals surface area contributed by atoms with Crippen molar-refractivity contribution < 1.29 is 4.79 Å². The third-order valence-electron chi connectivity index (χ3n) is 3.26. The topological polar surface area (TPSA) is 58.1 Å². The summed E-state index contributed by atoms with van der Waals surface area (Å²) in [5, 5.41) is 10.5. The van der Waals surface area contributed by atoms with E-state index in [-0.39, 0.29) is 5.91 Å². The van der Waals surface area contributed by atoms with Crippen LogP contribution in [0.2, 0.25) is 0 Å². The zero-order valence-corrected chi connectivity index (χ0v) is 10.3. The molecule has 0 spiro atoms. The molecule has 1 saturated carbocycles. The van der Waals surface area contributed by atoms with Gasteiger partial charge in [-0.25, -0.2) is 0 Å². The van der Waals surface area contributed by atoms with Gasteiger partial charge in [0.05, 0.1) is 0 Å². The third-order valence-corrected chi connectivity index (χ3v) is 3.26. The molecule has 1 aromatic rings. The van der Waals surface area contributed by atoms with Crippen molar-refractivity contribution in [1.29, 1.82) is 0 Å². The molecule has 1 amide bonds. The summed E-state index contributed by atoms with van der Waals surface area (Å²) in [4.78, 5) is 13.4. The highest BCUT2D eigenvalue weighted by Gasteiger charge is 2.19. The normalized spacial score (nSPS) is 15.2. The van der Waals surface area contributed by atoms with E-state index in [1.54, 1.807) is 13.1 Å².